The van der Waals surface area contributed by atoms with Crippen LogP contribution in [0.15, 0.2) is 24.3 Å². The van der Waals surface area contributed by atoms with Crippen LogP contribution in [0.1, 0.15) is 12.0 Å². The van der Waals surface area contributed by atoms with Gasteiger partial charge >= 0.3 is 5.97 Å². The second-order valence-electron chi connectivity index (χ2n) is 4.98. The molecule has 0 bridgehead atoms. The molecule has 1 N–H and O–H groups in total. The van der Waals surface area contributed by atoms with Crippen molar-refractivity contribution in [2.75, 3.05) is 20.3 Å². The number of carbonyl (C=O) groups excluding carboxylic acids is 2. The summed E-state index contributed by atoms with van der Waals surface area (Å²) in [7, 11) is 1.31. The van der Waals surface area contributed by atoms with Crippen molar-refractivity contribution >= 4 is 23.5 Å². The average molecular weight is 312 g/mol. The van der Waals surface area contributed by atoms with Crippen molar-refractivity contribution in [1.82, 2.24) is 5.32 Å². The van der Waals surface area contributed by atoms with Crippen LogP contribution in [0, 0.1) is 5.92 Å². The van der Waals surface area contributed by atoms with Gasteiger partial charge in [-0.15, -0.1) is 0 Å². The molecule has 1 aliphatic rings. The van der Waals surface area contributed by atoms with Crippen molar-refractivity contribution in [3.8, 4) is 0 Å². The van der Waals surface area contributed by atoms with Crippen LogP contribution >= 0.6 is 11.6 Å². The lowest BCUT2D eigenvalue weighted by molar-refractivity contribution is -0.145. The molecule has 1 heterocycles. The van der Waals surface area contributed by atoms with E-state index in [1.807, 2.05) is 12.1 Å². The summed E-state index contributed by atoms with van der Waals surface area (Å²) in [6.07, 6.45) is 1.05. The molecule has 1 aromatic rings. The first kappa shape index (κ1) is 15.8. The van der Waals surface area contributed by atoms with Gasteiger partial charge in [-0.1, -0.05) is 23.7 Å². The van der Waals surface area contributed by atoms with Gasteiger partial charge in [-0.3, -0.25) is 4.79 Å². The molecule has 5 nitrogen and oxygen atoms in total. The summed E-state index contributed by atoms with van der Waals surface area (Å²) < 4.78 is 9.95. The smallest absolute Gasteiger partial charge is 0.328 e. The third-order valence-corrected chi connectivity index (χ3v) is 3.71. The van der Waals surface area contributed by atoms with Crippen LogP contribution in [0.25, 0.3) is 0 Å². The highest BCUT2D eigenvalue weighted by Crippen LogP contribution is 2.14. The molecule has 6 heteroatoms. The van der Waals surface area contributed by atoms with Gasteiger partial charge in [0, 0.05) is 18.1 Å². The molecule has 0 aliphatic carbocycles. The standard InChI is InChI=1S/C15H18ClNO4/c1-20-15(19)13(8-10-2-4-12(16)5-3-10)17-14(18)11-6-7-21-9-11/h2-5,11,13H,6-9H2,1H3,(H,17,18)/t11-,13-/m1/s1. The molecule has 1 amide bonds. The first-order valence-electron chi connectivity index (χ1n) is 6.80. The molecular weight excluding hydrogens is 294 g/mol. The van der Waals surface area contributed by atoms with Gasteiger partial charge in [0.05, 0.1) is 19.6 Å². The lowest BCUT2D eigenvalue weighted by Crippen LogP contribution is -2.45. The highest BCUT2D eigenvalue weighted by molar-refractivity contribution is 6.30. The van der Waals surface area contributed by atoms with E-state index in [1.54, 1.807) is 12.1 Å². The van der Waals surface area contributed by atoms with E-state index < -0.39 is 12.0 Å². The van der Waals surface area contributed by atoms with Crippen LogP contribution in [-0.4, -0.2) is 38.2 Å². The zero-order valence-corrected chi connectivity index (χ0v) is 12.6. The summed E-state index contributed by atoms with van der Waals surface area (Å²) in [6, 6.07) is 6.44. The number of hydrogen-bond donors (Lipinski definition) is 1. The molecule has 114 valence electrons. The van der Waals surface area contributed by atoms with E-state index in [2.05, 4.69) is 5.32 Å². The molecule has 0 radical (unpaired) electrons. The molecule has 0 aromatic heterocycles. The molecule has 2 atom stereocenters. The highest BCUT2D eigenvalue weighted by atomic mass is 35.5. The fourth-order valence-corrected chi connectivity index (χ4v) is 2.35. The van der Waals surface area contributed by atoms with Crippen molar-refractivity contribution in [2.24, 2.45) is 5.92 Å². The molecule has 1 fully saturated rings. The maximum atomic E-state index is 12.1. The van der Waals surface area contributed by atoms with E-state index in [9.17, 15) is 9.59 Å². The Hall–Kier alpha value is -1.59. The van der Waals surface area contributed by atoms with Crippen molar-refractivity contribution in [3.63, 3.8) is 0 Å². The average Bonchev–Trinajstić information content (AvgIpc) is 3.02. The first-order valence-corrected chi connectivity index (χ1v) is 7.18. The van der Waals surface area contributed by atoms with E-state index in [1.165, 1.54) is 7.11 Å². The minimum Gasteiger partial charge on any atom is -0.467 e. The summed E-state index contributed by atoms with van der Waals surface area (Å²) in [6.45, 7) is 0.985. The Kier molecular flexibility index (Phi) is 5.59. The monoisotopic (exact) mass is 311 g/mol. The van der Waals surface area contributed by atoms with Gasteiger partial charge < -0.3 is 14.8 Å². The molecule has 2 rings (SSSR count). The number of methoxy groups -OCH3 is 1. The topological polar surface area (TPSA) is 64.6 Å². The van der Waals surface area contributed by atoms with Gasteiger partial charge in [-0.2, -0.15) is 0 Å². The molecule has 1 aromatic carbocycles. The Morgan fingerprint density at radius 2 is 2.14 bits per heavy atom. The minimum atomic E-state index is -0.704. The summed E-state index contributed by atoms with van der Waals surface area (Å²) in [5.74, 6) is -0.823. The quantitative estimate of drug-likeness (QED) is 0.839. The molecule has 21 heavy (non-hydrogen) atoms. The highest BCUT2D eigenvalue weighted by Gasteiger charge is 2.28. The zero-order valence-electron chi connectivity index (χ0n) is 11.8. The Morgan fingerprint density at radius 1 is 1.43 bits per heavy atom. The van der Waals surface area contributed by atoms with Crippen LogP contribution in [0.4, 0.5) is 0 Å². The summed E-state index contributed by atoms with van der Waals surface area (Å²) in [5, 5.41) is 3.37. The predicted octanol–water partition coefficient (Wildman–Crippen LogP) is 1.58. The number of halogens is 1. The number of esters is 1. The van der Waals surface area contributed by atoms with Gasteiger partial charge in [0.1, 0.15) is 6.04 Å². The van der Waals surface area contributed by atoms with Crippen molar-refractivity contribution in [1.29, 1.82) is 0 Å². The van der Waals surface area contributed by atoms with Gasteiger partial charge in [0.2, 0.25) is 5.91 Å². The first-order chi connectivity index (χ1) is 10.1. The number of ether oxygens (including phenoxy) is 2. The number of carbonyl (C=O) groups is 2. The third-order valence-electron chi connectivity index (χ3n) is 3.46. The number of amides is 1. The summed E-state index contributed by atoms with van der Waals surface area (Å²) in [4.78, 5) is 23.9. The molecule has 1 aliphatic heterocycles. The maximum Gasteiger partial charge on any atom is 0.328 e. The van der Waals surface area contributed by atoms with Gasteiger partial charge in [0.15, 0.2) is 0 Å². The maximum absolute atomic E-state index is 12.1. The molecular formula is C15H18ClNO4. The summed E-state index contributed by atoms with van der Waals surface area (Å²) >= 11 is 5.83. The second kappa shape index (κ2) is 7.43. The minimum absolute atomic E-state index is 0.170. The van der Waals surface area contributed by atoms with Crippen molar-refractivity contribution in [3.05, 3.63) is 34.9 Å². The van der Waals surface area contributed by atoms with Crippen molar-refractivity contribution < 1.29 is 19.1 Å². The second-order valence-corrected chi connectivity index (χ2v) is 5.41. The van der Waals surface area contributed by atoms with Crippen molar-refractivity contribution in [2.45, 2.75) is 18.9 Å². The van der Waals surface area contributed by atoms with Crippen LogP contribution < -0.4 is 5.32 Å². The fraction of sp³-hybridized carbons (Fsp3) is 0.467. The lowest BCUT2D eigenvalue weighted by atomic mass is 10.0. The normalized spacial score (nSPS) is 19.0. The molecule has 0 saturated carbocycles. The third kappa shape index (κ3) is 4.44. The number of benzene rings is 1. The zero-order chi connectivity index (χ0) is 15.2. The lowest BCUT2D eigenvalue weighted by Gasteiger charge is -2.18. The van der Waals surface area contributed by atoms with Gasteiger partial charge in [0.25, 0.3) is 0 Å². The van der Waals surface area contributed by atoms with Crippen LogP contribution in [-0.2, 0) is 25.5 Å². The van der Waals surface area contributed by atoms with Crippen LogP contribution in [0.5, 0.6) is 0 Å². The molecule has 1 saturated heterocycles. The Morgan fingerprint density at radius 3 is 2.71 bits per heavy atom. The Labute approximate surface area is 128 Å². The van der Waals surface area contributed by atoms with Gasteiger partial charge in [-0.05, 0) is 24.1 Å². The number of hydrogen-bond acceptors (Lipinski definition) is 4. The fourth-order valence-electron chi connectivity index (χ4n) is 2.22. The summed E-state index contributed by atoms with van der Waals surface area (Å²) in [5.41, 5.74) is 0.901. The van der Waals surface area contributed by atoms with E-state index in [-0.39, 0.29) is 11.8 Å². The number of nitrogens with one attached hydrogen (secondary N) is 1. The SMILES string of the molecule is COC(=O)[C@@H](Cc1ccc(Cl)cc1)NC(=O)[C@@H]1CCOC1. The van der Waals surface area contributed by atoms with Crippen LogP contribution in [0.2, 0.25) is 5.02 Å². The predicted molar refractivity (Wildman–Crippen MR) is 78.0 cm³/mol. The van der Waals surface area contributed by atoms with E-state index >= 15 is 0 Å². The molecule has 0 spiro atoms. The number of rotatable bonds is 5. The Balaban J connectivity index is 2.01. The van der Waals surface area contributed by atoms with Gasteiger partial charge in [-0.25, -0.2) is 4.79 Å². The Bertz CT molecular complexity index is 497. The molecule has 0 unspecified atom stereocenters. The van der Waals surface area contributed by atoms with E-state index in [4.69, 9.17) is 21.1 Å². The van der Waals surface area contributed by atoms with Crippen LogP contribution in [0.3, 0.4) is 0 Å². The largest absolute Gasteiger partial charge is 0.467 e. The van der Waals surface area contributed by atoms with E-state index in [0.29, 0.717) is 31.1 Å². The van der Waals surface area contributed by atoms with E-state index in [0.717, 1.165) is 5.56 Å².